The fourth-order valence-corrected chi connectivity index (χ4v) is 2.56. The van der Waals surface area contributed by atoms with Crippen LogP contribution < -0.4 is 5.32 Å². The summed E-state index contributed by atoms with van der Waals surface area (Å²) in [5, 5.41) is 10.6. The minimum absolute atomic E-state index is 0.649. The molecule has 0 spiro atoms. The molecule has 1 N–H and O–H groups in total. The van der Waals surface area contributed by atoms with Crippen LogP contribution in [0.1, 0.15) is 16.5 Å². The normalized spacial score (nSPS) is 10.8. The third-order valence-electron chi connectivity index (χ3n) is 2.90. The number of benzene rings is 1. The van der Waals surface area contributed by atoms with Crippen molar-refractivity contribution in [2.45, 2.75) is 20.0 Å². The number of hydrogen-bond acceptors (Lipinski definition) is 5. The molecule has 0 bridgehead atoms. The van der Waals surface area contributed by atoms with Crippen LogP contribution in [0.5, 0.6) is 0 Å². The van der Waals surface area contributed by atoms with E-state index in [1.165, 1.54) is 0 Å². The molecule has 0 aliphatic heterocycles. The average Bonchev–Trinajstić information content (AvgIpc) is 3.09. The summed E-state index contributed by atoms with van der Waals surface area (Å²) in [4.78, 5) is 4.40. The number of aryl methyl sites for hydroxylation is 1. The van der Waals surface area contributed by atoms with Crippen LogP contribution in [0.25, 0.3) is 11.3 Å². The topological polar surface area (TPSA) is 51.0 Å². The van der Waals surface area contributed by atoms with Gasteiger partial charge in [0.05, 0.1) is 17.2 Å². The zero-order valence-corrected chi connectivity index (χ0v) is 12.0. The molecule has 0 fully saturated rings. The summed E-state index contributed by atoms with van der Waals surface area (Å²) >= 11 is 1.67. The summed E-state index contributed by atoms with van der Waals surface area (Å²) in [5.41, 5.74) is 3.00. The third kappa shape index (κ3) is 3.12. The highest BCUT2D eigenvalue weighted by Crippen LogP contribution is 2.18. The molecule has 0 aliphatic carbocycles. The van der Waals surface area contributed by atoms with Crippen molar-refractivity contribution in [3.8, 4) is 11.3 Å². The molecule has 0 saturated carbocycles. The Balaban J connectivity index is 1.58. The van der Waals surface area contributed by atoms with Gasteiger partial charge in [0, 0.05) is 23.6 Å². The van der Waals surface area contributed by atoms with Gasteiger partial charge in [0.25, 0.3) is 0 Å². The van der Waals surface area contributed by atoms with Gasteiger partial charge in [-0.25, -0.2) is 4.98 Å². The molecule has 5 heteroatoms. The van der Waals surface area contributed by atoms with E-state index in [1.54, 1.807) is 11.3 Å². The number of aromatic nitrogens is 2. The molecule has 0 atom stereocenters. The Morgan fingerprint density at radius 2 is 2.05 bits per heavy atom. The summed E-state index contributed by atoms with van der Waals surface area (Å²) < 4.78 is 5.33. The van der Waals surface area contributed by atoms with Crippen LogP contribution in [0.3, 0.4) is 0 Å². The molecule has 2 heterocycles. The molecule has 0 saturated heterocycles. The van der Waals surface area contributed by atoms with Gasteiger partial charge in [-0.2, -0.15) is 0 Å². The van der Waals surface area contributed by atoms with Gasteiger partial charge in [-0.3, -0.25) is 0 Å². The van der Waals surface area contributed by atoms with E-state index in [2.05, 4.69) is 20.8 Å². The van der Waals surface area contributed by atoms with E-state index >= 15 is 0 Å². The second-order valence-corrected chi connectivity index (χ2v) is 5.57. The van der Waals surface area contributed by atoms with Gasteiger partial charge in [0.1, 0.15) is 5.69 Å². The summed E-state index contributed by atoms with van der Waals surface area (Å²) in [7, 11) is 0. The monoisotopic (exact) mass is 285 g/mol. The smallest absolute Gasteiger partial charge is 0.151 e. The van der Waals surface area contributed by atoms with Gasteiger partial charge in [-0.05, 0) is 6.92 Å². The zero-order chi connectivity index (χ0) is 13.8. The van der Waals surface area contributed by atoms with E-state index in [4.69, 9.17) is 4.52 Å². The van der Waals surface area contributed by atoms with Crippen molar-refractivity contribution in [2.75, 3.05) is 0 Å². The zero-order valence-electron chi connectivity index (χ0n) is 11.2. The van der Waals surface area contributed by atoms with Gasteiger partial charge in [-0.15, -0.1) is 11.3 Å². The van der Waals surface area contributed by atoms with Gasteiger partial charge < -0.3 is 9.84 Å². The molecular formula is C15H15N3OS. The first-order valence-electron chi connectivity index (χ1n) is 6.44. The van der Waals surface area contributed by atoms with Crippen LogP contribution in [-0.2, 0) is 13.1 Å². The Labute approximate surface area is 121 Å². The maximum atomic E-state index is 5.33. The Kier molecular flexibility index (Phi) is 3.90. The molecule has 0 amide bonds. The van der Waals surface area contributed by atoms with Crippen molar-refractivity contribution < 1.29 is 4.52 Å². The fourth-order valence-electron chi connectivity index (χ4n) is 1.94. The van der Waals surface area contributed by atoms with E-state index in [0.29, 0.717) is 6.54 Å². The highest BCUT2D eigenvalue weighted by molar-refractivity contribution is 7.09. The van der Waals surface area contributed by atoms with E-state index in [-0.39, 0.29) is 0 Å². The Hall–Kier alpha value is -1.98. The van der Waals surface area contributed by atoms with Crippen molar-refractivity contribution >= 4 is 11.3 Å². The van der Waals surface area contributed by atoms with Crippen LogP contribution in [0.2, 0.25) is 0 Å². The summed E-state index contributed by atoms with van der Waals surface area (Å²) in [5.74, 6) is 0.829. The van der Waals surface area contributed by atoms with Crippen LogP contribution in [0, 0.1) is 6.92 Å². The first kappa shape index (κ1) is 13.0. The molecule has 2 aromatic heterocycles. The van der Waals surface area contributed by atoms with E-state index < -0.39 is 0 Å². The molecule has 3 rings (SSSR count). The number of rotatable bonds is 5. The summed E-state index contributed by atoms with van der Waals surface area (Å²) in [6.07, 6.45) is 0. The number of nitrogens with one attached hydrogen (secondary N) is 1. The minimum atomic E-state index is 0.649. The molecule has 0 aliphatic rings. The molecule has 102 valence electrons. The van der Waals surface area contributed by atoms with Gasteiger partial charge >= 0.3 is 0 Å². The predicted molar refractivity (Wildman–Crippen MR) is 79.3 cm³/mol. The lowest BCUT2D eigenvalue weighted by Gasteiger charge is -1.97. The summed E-state index contributed by atoms with van der Waals surface area (Å²) in [6.45, 7) is 3.40. The molecule has 4 nitrogen and oxygen atoms in total. The highest BCUT2D eigenvalue weighted by atomic mass is 32.1. The Bertz CT molecular complexity index is 675. The molecular weight excluding hydrogens is 270 g/mol. The van der Waals surface area contributed by atoms with E-state index in [0.717, 1.165) is 34.3 Å². The van der Waals surface area contributed by atoms with Crippen molar-refractivity contribution in [3.63, 3.8) is 0 Å². The van der Waals surface area contributed by atoms with E-state index in [1.807, 2.05) is 43.3 Å². The first-order chi connectivity index (χ1) is 9.81. The second kappa shape index (κ2) is 5.98. The van der Waals surface area contributed by atoms with Crippen molar-refractivity contribution in [3.05, 3.63) is 58.2 Å². The average molecular weight is 285 g/mol. The standard InChI is InChI=1S/C15H15N3OS/c1-11-17-13(10-20-11)8-16-9-14-7-15(18-19-14)12-5-3-2-4-6-12/h2-7,10,16H,8-9H2,1H3. The fraction of sp³-hybridized carbons (Fsp3) is 0.200. The quantitative estimate of drug-likeness (QED) is 0.780. The largest absolute Gasteiger partial charge is 0.359 e. The lowest BCUT2D eigenvalue weighted by molar-refractivity contribution is 0.374. The summed E-state index contributed by atoms with van der Waals surface area (Å²) in [6, 6.07) is 12.0. The lowest BCUT2D eigenvalue weighted by Crippen LogP contribution is -2.12. The van der Waals surface area contributed by atoms with Crippen LogP contribution in [0.15, 0.2) is 46.3 Å². The predicted octanol–water partition coefficient (Wildman–Crippen LogP) is 3.40. The molecule has 0 unspecified atom stereocenters. The van der Waals surface area contributed by atoms with Crippen molar-refractivity contribution in [2.24, 2.45) is 0 Å². The second-order valence-electron chi connectivity index (χ2n) is 4.51. The number of thiazole rings is 1. The van der Waals surface area contributed by atoms with Crippen LogP contribution in [0.4, 0.5) is 0 Å². The molecule has 1 aromatic carbocycles. The lowest BCUT2D eigenvalue weighted by atomic mass is 10.1. The number of hydrogen-bond donors (Lipinski definition) is 1. The maximum Gasteiger partial charge on any atom is 0.151 e. The number of nitrogens with zero attached hydrogens (tertiary/aromatic N) is 2. The van der Waals surface area contributed by atoms with Gasteiger partial charge in [-0.1, -0.05) is 35.5 Å². The molecule has 20 heavy (non-hydrogen) atoms. The van der Waals surface area contributed by atoms with Gasteiger partial charge in [0.2, 0.25) is 0 Å². The SMILES string of the molecule is Cc1nc(CNCc2cc(-c3ccccc3)no2)cs1. The molecule has 0 radical (unpaired) electrons. The Morgan fingerprint density at radius 1 is 1.20 bits per heavy atom. The first-order valence-corrected chi connectivity index (χ1v) is 7.32. The highest BCUT2D eigenvalue weighted by Gasteiger charge is 2.06. The minimum Gasteiger partial charge on any atom is -0.359 e. The van der Waals surface area contributed by atoms with E-state index in [9.17, 15) is 0 Å². The third-order valence-corrected chi connectivity index (χ3v) is 3.72. The maximum absolute atomic E-state index is 5.33. The molecule has 3 aromatic rings. The van der Waals surface area contributed by atoms with Crippen molar-refractivity contribution in [1.82, 2.24) is 15.5 Å². The van der Waals surface area contributed by atoms with Crippen molar-refractivity contribution in [1.29, 1.82) is 0 Å². The van der Waals surface area contributed by atoms with Crippen LogP contribution >= 0.6 is 11.3 Å². The van der Waals surface area contributed by atoms with Gasteiger partial charge in [0.15, 0.2) is 5.76 Å². The van der Waals surface area contributed by atoms with Crippen LogP contribution in [-0.4, -0.2) is 10.1 Å². The Morgan fingerprint density at radius 3 is 2.80 bits per heavy atom.